The minimum atomic E-state index is -0.284. The van der Waals surface area contributed by atoms with E-state index in [9.17, 15) is 14.4 Å². The minimum Gasteiger partial charge on any atom is -0.338 e. The van der Waals surface area contributed by atoms with E-state index in [1.54, 1.807) is 16.8 Å². The topological polar surface area (TPSA) is 60.9 Å². The van der Waals surface area contributed by atoms with Crippen LogP contribution in [0.4, 0.5) is 0 Å². The van der Waals surface area contributed by atoms with Crippen molar-refractivity contribution in [1.82, 2.24) is 14.7 Å². The lowest BCUT2D eigenvalue weighted by atomic mass is 10.0. The Morgan fingerprint density at radius 3 is 2.33 bits per heavy atom. The highest BCUT2D eigenvalue weighted by Gasteiger charge is 2.26. The quantitative estimate of drug-likeness (QED) is 0.776. The summed E-state index contributed by atoms with van der Waals surface area (Å²) < 4.78 is 0. The van der Waals surface area contributed by atoms with Gasteiger partial charge in [0.05, 0.1) is 6.54 Å². The van der Waals surface area contributed by atoms with Crippen LogP contribution in [0.25, 0.3) is 10.8 Å². The van der Waals surface area contributed by atoms with Gasteiger partial charge in [-0.05, 0) is 22.9 Å². The van der Waals surface area contributed by atoms with Crippen LogP contribution < -0.4 is 0 Å². The van der Waals surface area contributed by atoms with Crippen LogP contribution in [-0.2, 0) is 9.59 Å². The number of benzene rings is 2. The molecule has 6 heteroatoms. The number of piperazine rings is 1. The lowest BCUT2D eigenvalue weighted by Gasteiger charge is -2.35. The van der Waals surface area contributed by atoms with Crippen LogP contribution in [0.1, 0.15) is 10.4 Å². The lowest BCUT2D eigenvalue weighted by molar-refractivity contribution is -0.138. The maximum absolute atomic E-state index is 13.0. The molecule has 0 aromatic heterocycles. The third-order valence-corrected chi connectivity index (χ3v) is 4.86. The van der Waals surface area contributed by atoms with E-state index in [0.717, 1.165) is 10.8 Å². The van der Waals surface area contributed by atoms with Gasteiger partial charge in [-0.25, -0.2) is 0 Å². The van der Waals surface area contributed by atoms with Crippen molar-refractivity contribution in [3.63, 3.8) is 0 Å². The van der Waals surface area contributed by atoms with Crippen molar-refractivity contribution in [2.24, 2.45) is 0 Å². The van der Waals surface area contributed by atoms with Crippen molar-refractivity contribution < 1.29 is 14.4 Å². The van der Waals surface area contributed by atoms with Gasteiger partial charge in [0.15, 0.2) is 0 Å². The second-order valence-corrected chi connectivity index (χ2v) is 6.60. The predicted molar refractivity (Wildman–Crippen MR) is 104 cm³/mol. The number of carbonyl (C=O) groups is 3. The molecule has 27 heavy (non-hydrogen) atoms. The Morgan fingerprint density at radius 2 is 1.63 bits per heavy atom. The number of nitrogens with zero attached hydrogens (tertiary/aromatic N) is 3. The van der Waals surface area contributed by atoms with Crippen LogP contribution in [0.5, 0.6) is 0 Å². The summed E-state index contributed by atoms with van der Waals surface area (Å²) in [5.41, 5.74) is 0.684. The zero-order valence-electron chi connectivity index (χ0n) is 15.4. The first kappa shape index (κ1) is 18.6. The van der Waals surface area contributed by atoms with Crippen molar-refractivity contribution >= 4 is 28.5 Å². The Kier molecular flexibility index (Phi) is 5.54. The SMILES string of the molecule is C=CC(=O)N(C)CC(=O)N1CCN(C(=O)c2cccc3ccccc23)CC1. The van der Waals surface area contributed by atoms with Gasteiger partial charge in [0.2, 0.25) is 11.8 Å². The minimum absolute atomic E-state index is 0.0159. The van der Waals surface area contributed by atoms with Gasteiger partial charge in [-0.15, -0.1) is 0 Å². The van der Waals surface area contributed by atoms with E-state index in [2.05, 4.69) is 6.58 Å². The average Bonchev–Trinajstić information content (AvgIpc) is 2.72. The summed E-state index contributed by atoms with van der Waals surface area (Å²) >= 11 is 0. The molecule has 1 aliphatic heterocycles. The van der Waals surface area contributed by atoms with E-state index < -0.39 is 0 Å². The van der Waals surface area contributed by atoms with Gasteiger partial charge in [0, 0.05) is 38.8 Å². The highest BCUT2D eigenvalue weighted by molar-refractivity contribution is 6.07. The molecule has 3 amide bonds. The van der Waals surface area contributed by atoms with E-state index in [0.29, 0.717) is 31.7 Å². The fourth-order valence-electron chi connectivity index (χ4n) is 3.28. The maximum Gasteiger partial charge on any atom is 0.254 e. The Morgan fingerprint density at radius 1 is 1.00 bits per heavy atom. The van der Waals surface area contributed by atoms with Crippen molar-refractivity contribution in [3.8, 4) is 0 Å². The smallest absolute Gasteiger partial charge is 0.254 e. The maximum atomic E-state index is 13.0. The van der Waals surface area contributed by atoms with Crippen LogP contribution >= 0.6 is 0 Å². The number of hydrogen-bond acceptors (Lipinski definition) is 3. The standard InChI is InChI=1S/C21H23N3O3/c1-3-19(25)22(2)15-20(26)23-11-13-24(14-12-23)21(27)18-10-6-8-16-7-4-5-9-17(16)18/h3-10H,1,11-15H2,2H3. The van der Waals surface area contributed by atoms with E-state index >= 15 is 0 Å². The zero-order chi connectivity index (χ0) is 19.4. The highest BCUT2D eigenvalue weighted by Crippen LogP contribution is 2.20. The van der Waals surface area contributed by atoms with Crippen LogP contribution in [-0.4, -0.2) is 72.2 Å². The molecule has 1 heterocycles. The van der Waals surface area contributed by atoms with E-state index in [1.165, 1.54) is 11.0 Å². The third kappa shape index (κ3) is 4.00. The van der Waals surface area contributed by atoms with E-state index in [4.69, 9.17) is 0 Å². The second-order valence-electron chi connectivity index (χ2n) is 6.60. The molecular weight excluding hydrogens is 342 g/mol. The molecular formula is C21H23N3O3. The Labute approximate surface area is 158 Å². The van der Waals surface area contributed by atoms with Gasteiger partial charge in [0.1, 0.15) is 0 Å². The molecule has 0 saturated carbocycles. The predicted octanol–water partition coefficient (Wildman–Crippen LogP) is 1.77. The van der Waals surface area contributed by atoms with Crippen LogP contribution in [0.3, 0.4) is 0 Å². The van der Waals surface area contributed by atoms with Gasteiger partial charge >= 0.3 is 0 Å². The normalized spacial score (nSPS) is 14.1. The summed E-state index contributed by atoms with van der Waals surface area (Å²) in [6, 6.07) is 13.5. The summed E-state index contributed by atoms with van der Waals surface area (Å²) in [5.74, 6) is -0.420. The molecule has 2 aromatic rings. The van der Waals surface area contributed by atoms with Crippen molar-refractivity contribution in [2.75, 3.05) is 39.8 Å². The first-order chi connectivity index (χ1) is 13.0. The number of carbonyl (C=O) groups excluding carboxylic acids is 3. The van der Waals surface area contributed by atoms with Gasteiger partial charge in [-0.2, -0.15) is 0 Å². The first-order valence-electron chi connectivity index (χ1n) is 8.93. The summed E-state index contributed by atoms with van der Waals surface area (Å²) in [7, 11) is 1.57. The van der Waals surface area contributed by atoms with Crippen LogP contribution in [0.15, 0.2) is 55.1 Å². The molecule has 0 N–H and O–H groups in total. The summed E-state index contributed by atoms with van der Waals surface area (Å²) in [4.78, 5) is 41.6. The molecule has 0 bridgehead atoms. The largest absolute Gasteiger partial charge is 0.338 e. The van der Waals surface area contributed by atoms with Gasteiger partial charge in [0.25, 0.3) is 5.91 Å². The number of hydrogen-bond donors (Lipinski definition) is 0. The van der Waals surface area contributed by atoms with Crippen molar-refractivity contribution in [1.29, 1.82) is 0 Å². The van der Waals surface area contributed by atoms with Gasteiger partial charge in [-0.1, -0.05) is 43.0 Å². The fourth-order valence-corrected chi connectivity index (χ4v) is 3.28. The molecule has 1 saturated heterocycles. The number of fused-ring (bicyclic) bond motifs is 1. The molecule has 140 valence electrons. The molecule has 0 unspecified atom stereocenters. The molecule has 3 rings (SSSR count). The first-order valence-corrected chi connectivity index (χ1v) is 8.93. The molecule has 0 atom stereocenters. The Bertz CT molecular complexity index is 880. The average molecular weight is 365 g/mol. The summed E-state index contributed by atoms with van der Waals surface area (Å²) in [6.45, 7) is 5.32. The monoisotopic (exact) mass is 365 g/mol. The molecule has 0 radical (unpaired) electrons. The molecule has 1 fully saturated rings. The van der Waals surface area contributed by atoms with Gasteiger partial charge < -0.3 is 14.7 Å². The lowest BCUT2D eigenvalue weighted by Crippen LogP contribution is -2.52. The number of rotatable bonds is 4. The molecule has 2 aromatic carbocycles. The van der Waals surface area contributed by atoms with E-state index in [1.807, 2.05) is 42.5 Å². The fraction of sp³-hybridized carbons (Fsp3) is 0.286. The molecule has 1 aliphatic rings. The second kappa shape index (κ2) is 8.03. The summed E-state index contributed by atoms with van der Waals surface area (Å²) in [5, 5.41) is 1.97. The van der Waals surface area contributed by atoms with Crippen molar-refractivity contribution in [3.05, 3.63) is 60.7 Å². The molecule has 0 spiro atoms. The Hall–Kier alpha value is -3.15. The number of likely N-dealkylation sites (N-methyl/N-ethyl adjacent to an activating group) is 1. The molecule has 6 nitrogen and oxygen atoms in total. The summed E-state index contributed by atoms with van der Waals surface area (Å²) in [6.07, 6.45) is 1.19. The van der Waals surface area contributed by atoms with Crippen LogP contribution in [0, 0.1) is 0 Å². The molecule has 0 aliphatic carbocycles. The van der Waals surface area contributed by atoms with Crippen LogP contribution in [0.2, 0.25) is 0 Å². The zero-order valence-corrected chi connectivity index (χ0v) is 15.4. The highest BCUT2D eigenvalue weighted by atomic mass is 16.2. The van der Waals surface area contributed by atoms with Gasteiger partial charge in [-0.3, -0.25) is 14.4 Å². The van der Waals surface area contributed by atoms with Crippen molar-refractivity contribution in [2.45, 2.75) is 0 Å². The van der Waals surface area contributed by atoms with E-state index in [-0.39, 0.29) is 24.3 Å². The number of amides is 3. The Balaban J connectivity index is 1.63. The third-order valence-electron chi connectivity index (χ3n) is 4.86.